The molecule has 1 saturated carbocycles. The largest absolute Gasteiger partial charge is 0.380 e. The highest BCUT2D eigenvalue weighted by Gasteiger charge is 2.58. The van der Waals surface area contributed by atoms with Gasteiger partial charge >= 0.3 is 0 Å². The number of imidazole rings is 1. The van der Waals surface area contributed by atoms with Gasteiger partial charge in [-0.2, -0.15) is 5.10 Å². The molecule has 2 aromatic rings. The van der Waals surface area contributed by atoms with Crippen molar-refractivity contribution in [2.75, 3.05) is 19.8 Å². The Kier molecular flexibility index (Phi) is 12.9. The van der Waals surface area contributed by atoms with Crippen molar-refractivity contribution in [1.82, 2.24) is 25.1 Å². The lowest BCUT2D eigenvalue weighted by atomic mass is 9.80. The van der Waals surface area contributed by atoms with Crippen LogP contribution in [0.3, 0.4) is 0 Å². The van der Waals surface area contributed by atoms with Crippen LogP contribution in [0, 0.1) is 23.2 Å². The lowest BCUT2D eigenvalue weighted by Gasteiger charge is -2.34. The minimum atomic E-state index is -3.02. The zero-order valence-corrected chi connectivity index (χ0v) is 30.6. The maximum atomic E-state index is 15.3. The van der Waals surface area contributed by atoms with Gasteiger partial charge in [-0.05, 0) is 82.8 Å². The van der Waals surface area contributed by atoms with Crippen molar-refractivity contribution < 1.29 is 31.9 Å². The molecule has 1 amide bonds. The minimum Gasteiger partial charge on any atom is -0.380 e. The summed E-state index contributed by atoms with van der Waals surface area (Å²) in [6, 6.07) is 1.74. The SMILES string of the molecule is CC(C)C(=O)c1ccnn1C.CCC(C)=C(C[C@H]1CCCNC1=O)/C(=N\c1ncc(C(C)CCC2(C(C)(F)F)CC2)[nH]1)C1COCCC1(F)F. The van der Waals surface area contributed by atoms with Crippen LogP contribution in [0.1, 0.15) is 121 Å². The fraction of sp³-hybridized carbons (Fsp3) is 0.703. The van der Waals surface area contributed by atoms with Crippen LogP contribution >= 0.6 is 0 Å². The van der Waals surface area contributed by atoms with Crippen LogP contribution in [0.5, 0.6) is 0 Å². The molecule has 1 aliphatic carbocycles. The number of allylic oxidation sites excluding steroid dienone is 2. The molecule has 2 N–H and O–H groups in total. The van der Waals surface area contributed by atoms with Crippen molar-refractivity contribution in [2.24, 2.45) is 35.2 Å². The zero-order chi connectivity index (χ0) is 36.9. The van der Waals surface area contributed by atoms with Crippen LogP contribution in [0.15, 0.2) is 34.6 Å². The van der Waals surface area contributed by atoms with E-state index in [0.29, 0.717) is 62.8 Å². The monoisotopic (exact) mass is 706 g/mol. The lowest BCUT2D eigenvalue weighted by molar-refractivity contribution is -0.126. The van der Waals surface area contributed by atoms with Gasteiger partial charge in [-0.1, -0.05) is 33.3 Å². The molecule has 278 valence electrons. The zero-order valence-electron chi connectivity index (χ0n) is 30.6. The summed E-state index contributed by atoms with van der Waals surface area (Å²) in [6.45, 7) is 11.0. The molecule has 0 spiro atoms. The molecule has 3 fully saturated rings. The number of aliphatic imine (C=N–C) groups is 1. The number of ether oxygens (including phenoxy) is 1. The summed E-state index contributed by atoms with van der Waals surface area (Å²) in [5.74, 6) is -7.03. The second-order valence-corrected chi connectivity index (χ2v) is 14.7. The fourth-order valence-corrected chi connectivity index (χ4v) is 6.69. The average Bonchev–Trinajstić information content (AvgIpc) is 3.54. The lowest BCUT2D eigenvalue weighted by Crippen LogP contribution is -2.44. The summed E-state index contributed by atoms with van der Waals surface area (Å²) >= 11 is 0. The third-order valence-corrected chi connectivity index (χ3v) is 10.7. The van der Waals surface area contributed by atoms with Crippen LogP contribution in [0.2, 0.25) is 0 Å². The van der Waals surface area contributed by atoms with Crippen molar-refractivity contribution >= 4 is 23.4 Å². The molecule has 50 heavy (non-hydrogen) atoms. The molecule has 2 unspecified atom stereocenters. The molecule has 0 bridgehead atoms. The molecule has 2 saturated heterocycles. The van der Waals surface area contributed by atoms with Gasteiger partial charge in [-0.25, -0.2) is 27.5 Å². The number of amides is 1. The van der Waals surface area contributed by atoms with E-state index in [1.165, 1.54) is 0 Å². The van der Waals surface area contributed by atoms with Gasteiger partial charge in [0.15, 0.2) is 5.78 Å². The van der Waals surface area contributed by atoms with Gasteiger partial charge in [0.1, 0.15) is 5.69 Å². The Labute approximate surface area is 293 Å². The molecular weight excluding hydrogens is 652 g/mol. The van der Waals surface area contributed by atoms with Crippen LogP contribution in [0.25, 0.3) is 0 Å². The number of carbonyl (C=O) groups is 2. The average molecular weight is 707 g/mol. The standard InChI is InChI=1S/C29H42F4N4O2.C8H12N2O/c1-5-18(2)21(15-20-7-6-13-34-25(20)38)24(22-17-39-14-12-29(22,32)33)37-26-35-16-23(36-26)19(3)8-9-28(10-11-28)27(4,30)31;1-6(2)8(11)7-4-5-9-10(7)3/h16,19-20,22H,5-15,17H2,1-4H3,(H,34,38)(H,35,36);4-6H,1-3H3/b21-18?,37-24+;/t19?,20-,22?;/m1./s1. The Morgan fingerprint density at radius 1 is 1.22 bits per heavy atom. The van der Waals surface area contributed by atoms with Gasteiger partial charge in [0.05, 0.1) is 31.0 Å². The summed E-state index contributed by atoms with van der Waals surface area (Å²) in [6.07, 6.45) is 7.39. The number of hydrogen-bond acceptors (Lipinski definition) is 6. The number of piperidine rings is 1. The Hall–Kier alpha value is -3.35. The van der Waals surface area contributed by atoms with Crippen molar-refractivity contribution in [3.05, 3.63) is 41.0 Å². The van der Waals surface area contributed by atoms with E-state index in [9.17, 15) is 18.4 Å². The number of nitrogens with zero attached hydrogens (tertiary/aromatic N) is 4. The van der Waals surface area contributed by atoms with Gasteiger partial charge in [0.2, 0.25) is 11.9 Å². The maximum absolute atomic E-state index is 15.3. The second kappa shape index (κ2) is 16.3. The molecular formula is C37H54F4N6O3. The third kappa shape index (κ3) is 9.50. The first-order valence-corrected chi connectivity index (χ1v) is 18.0. The summed E-state index contributed by atoms with van der Waals surface area (Å²) in [4.78, 5) is 36.2. The first-order valence-electron chi connectivity index (χ1n) is 18.0. The fourth-order valence-electron chi connectivity index (χ4n) is 6.69. The summed E-state index contributed by atoms with van der Waals surface area (Å²) in [5, 5.41) is 6.81. The Morgan fingerprint density at radius 2 is 1.94 bits per heavy atom. The van der Waals surface area contributed by atoms with Crippen LogP contribution in [0.4, 0.5) is 23.5 Å². The van der Waals surface area contributed by atoms with E-state index in [1.54, 1.807) is 30.2 Å². The van der Waals surface area contributed by atoms with E-state index in [-0.39, 0.29) is 54.3 Å². The molecule has 0 radical (unpaired) electrons. The number of aromatic amines is 1. The van der Waals surface area contributed by atoms with Gasteiger partial charge in [0, 0.05) is 49.2 Å². The number of carbonyl (C=O) groups excluding carboxylic acids is 2. The number of Topliss-reactive ketones (excluding diaryl/α,β-unsaturated/α-hetero) is 1. The third-order valence-electron chi connectivity index (χ3n) is 10.7. The van der Waals surface area contributed by atoms with Crippen molar-refractivity contribution in [3.8, 4) is 0 Å². The highest BCUT2D eigenvalue weighted by molar-refractivity contribution is 6.04. The molecule has 2 aromatic heterocycles. The number of ketones is 1. The number of rotatable bonds is 13. The predicted molar refractivity (Wildman–Crippen MR) is 185 cm³/mol. The molecule has 13 heteroatoms. The van der Waals surface area contributed by atoms with E-state index in [1.807, 2.05) is 34.6 Å². The first-order chi connectivity index (χ1) is 23.5. The van der Waals surface area contributed by atoms with Gasteiger partial charge in [-0.15, -0.1) is 0 Å². The molecule has 3 aliphatic rings. The smallest absolute Gasteiger partial charge is 0.260 e. The quantitative estimate of drug-likeness (QED) is 0.123. The van der Waals surface area contributed by atoms with E-state index in [4.69, 9.17) is 4.74 Å². The number of hydrogen-bond donors (Lipinski definition) is 2. The molecule has 5 rings (SSSR count). The molecule has 4 heterocycles. The number of halogens is 4. The van der Waals surface area contributed by atoms with Gasteiger partial charge < -0.3 is 15.0 Å². The summed E-state index contributed by atoms with van der Waals surface area (Å²) in [7, 11) is 1.77. The van der Waals surface area contributed by atoms with Crippen LogP contribution < -0.4 is 5.32 Å². The predicted octanol–water partition coefficient (Wildman–Crippen LogP) is 8.37. The minimum absolute atomic E-state index is 0.0195. The first kappa shape index (κ1) is 39.4. The molecule has 9 nitrogen and oxygen atoms in total. The molecule has 0 aromatic carbocycles. The van der Waals surface area contributed by atoms with Crippen molar-refractivity contribution in [1.29, 1.82) is 0 Å². The highest BCUT2D eigenvalue weighted by atomic mass is 19.3. The number of alkyl halides is 4. The Bertz CT molecular complexity index is 1540. The normalized spacial score (nSPS) is 23.0. The highest BCUT2D eigenvalue weighted by Crippen LogP contribution is 2.60. The summed E-state index contributed by atoms with van der Waals surface area (Å²) in [5.41, 5.74) is 2.29. The molecule has 2 aliphatic heterocycles. The second-order valence-electron chi connectivity index (χ2n) is 14.7. The Balaban J connectivity index is 0.000000435. The van der Waals surface area contributed by atoms with Gasteiger partial charge in [-0.3, -0.25) is 14.3 Å². The number of aryl methyl sites for hydroxylation is 1. The van der Waals surface area contributed by atoms with E-state index < -0.39 is 29.6 Å². The molecule has 3 atom stereocenters. The maximum Gasteiger partial charge on any atom is 0.260 e. The van der Waals surface area contributed by atoms with E-state index in [0.717, 1.165) is 24.6 Å². The van der Waals surface area contributed by atoms with Crippen molar-refractivity contribution in [2.45, 2.75) is 117 Å². The van der Waals surface area contributed by atoms with E-state index >= 15 is 8.78 Å². The number of nitrogens with one attached hydrogen (secondary N) is 2. The van der Waals surface area contributed by atoms with Gasteiger partial charge in [0.25, 0.3) is 11.8 Å². The summed E-state index contributed by atoms with van der Waals surface area (Å²) < 4.78 is 65.7. The van der Waals surface area contributed by atoms with Crippen molar-refractivity contribution in [3.63, 3.8) is 0 Å². The topological polar surface area (TPSA) is 114 Å². The number of aromatic nitrogens is 4. The Morgan fingerprint density at radius 3 is 2.50 bits per heavy atom. The van der Waals surface area contributed by atoms with Crippen LogP contribution in [-0.2, 0) is 16.6 Å². The number of H-pyrrole nitrogens is 1. The van der Waals surface area contributed by atoms with Crippen LogP contribution in [-0.4, -0.2) is 68.8 Å². The van der Waals surface area contributed by atoms with E-state index in [2.05, 4.69) is 25.4 Å².